The Balaban J connectivity index is 1.58. The summed E-state index contributed by atoms with van der Waals surface area (Å²) in [5.74, 6) is -0.0318. The molecule has 2 aromatic rings. The highest BCUT2D eigenvalue weighted by molar-refractivity contribution is 6.06. The van der Waals surface area contributed by atoms with Crippen molar-refractivity contribution in [1.29, 1.82) is 0 Å². The second-order valence-corrected chi connectivity index (χ2v) is 10.5. The molecule has 0 aliphatic carbocycles. The molecule has 0 bridgehead atoms. The summed E-state index contributed by atoms with van der Waals surface area (Å²) in [7, 11) is 0. The van der Waals surface area contributed by atoms with Gasteiger partial charge < -0.3 is 20.1 Å². The van der Waals surface area contributed by atoms with E-state index in [1.54, 1.807) is 4.90 Å². The third kappa shape index (κ3) is 5.38. The Morgan fingerprint density at radius 3 is 2.64 bits per heavy atom. The van der Waals surface area contributed by atoms with Crippen molar-refractivity contribution < 1.29 is 19.4 Å². The lowest BCUT2D eigenvalue weighted by Gasteiger charge is -2.37. The minimum absolute atomic E-state index is 0.152. The molecule has 33 heavy (non-hydrogen) atoms. The topological polar surface area (TPSA) is 96.7 Å². The van der Waals surface area contributed by atoms with E-state index in [0.717, 1.165) is 49.9 Å². The Hall–Kier alpha value is -2.45. The Kier molecular flexibility index (Phi) is 7.05. The van der Waals surface area contributed by atoms with Crippen LogP contribution in [-0.4, -0.2) is 70.1 Å². The van der Waals surface area contributed by atoms with Crippen LogP contribution >= 0.6 is 0 Å². The summed E-state index contributed by atoms with van der Waals surface area (Å²) in [5, 5.41) is 18.5. The van der Waals surface area contributed by atoms with Crippen molar-refractivity contribution in [3.63, 3.8) is 0 Å². The highest BCUT2D eigenvalue weighted by Crippen LogP contribution is 2.26. The number of aromatic nitrogens is 2. The van der Waals surface area contributed by atoms with E-state index in [1.165, 1.54) is 0 Å². The monoisotopic (exact) mass is 456 g/mol. The molecule has 0 saturated carbocycles. The summed E-state index contributed by atoms with van der Waals surface area (Å²) in [6.45, 7) is 9.00. The average Bonchev–Trinajstić information content (AvgIpc) is 3.15. The normalized spacial score (nSPS) is 21.2. The highest BCUT2D eigenvalue weighted by Gasteiger charge is 2.38. The number of carbonyl (C=O) groups excluding carboxylic acids is 2. The third-order valence-electron chi connectivity index (χ3n) is 6.74. The first-order chi connectivity index (χ1) is 15.7. The summed E-state index contributed by atoms with van der Waals surface area (Å²) in [6, 6.07) is 7.04. The number of carbonyl (C=O) groups is 2. The Bertz CT molecular complexity index is 990. The van der Waals surface area contributed by atoms with Crippen molar-refractivity contribution in [2.24, 2.45) is 11.3 Å². The van der Waals surface area contributed by atoms with Gasteiger partial charge in [0.15, 0.2) is 5.69 Å². The van der Waals surface area contributed by atoms with Gasteiger partial charge in [-0.1, -0.05) is 39.0 Å². The molecular weight excluding hydrogens is 420 g/mol. The molecule has 2 aliphatic heterocycles. The predicted octanol–water partition coefficient (Wildman–Crippen LogP) is 2.59. The van der Waals surface area contributed by atoms with E-state index in [-0.39, 0.29) is 11.8 Å². The van der Waals surface area contributed by atoms with Gasteiger partial charge in [-0.05, 0) is 43.1 Å². The van der Waals surface area contributed by atoms with Crippen molar-refractivity contribution in [3.8, 4) is 0 Å². The smallest absolute Gasteiger partial charge is 0.273 e. The molecule has 2 N–H and O–H groups in total. The van der Waals surface area contributed by atoms with Gasteiger partial charge in [-0.3, -0.25) is 14.3 Å². The number of hydrogen-bond donors (Lipinski definition) is 2. The van der Waals surface area contributed by atoms with Gasteiger partial charge in [0.2, 0.25) is 5.91 Å². The SMILES string of the molecule is CC(C)(C)[C@H](NC(=O)c1nn(CC2CCOCC2)c2ccccc12)C(=O)N1CCCC(O)C1. The number of likely N-dealkylation sites (tertiary alicyclic amines) is 1. The Morgan fingerprint density at radius 1 is 1.21 bits per heavy atom. The number of aliphatic hydroxyl groups is 1. The zero-order chi connectivity index (χ0) is 23.6. The molecule has 4 rings (SSSR count). The van der Waals surface area contributed by atoms with Crippen molar-refractivity contribution in [3.05, 3.63) is 30.0 Å². The van der Waals surface area contributed by atoms with E-state index in [2.05, 4.69) is 5.32 Å². The summed E-state index contributed by atoms with van der Waals surface area (Å²) >= 11 is 0. The van der Waals surface area contributed by atoms with Crippen LogP contribution in [0, 0.1) is 11.3 Å². The number of β-amino-alcohol motifs (C(OH)–C–C–N with tert-alkyl or cyclic N) is 1. The van der Waals surface area contributed by atoms with Crippen LogP contribution in [0.5, 0.6) is 0 Å². The molecule has 180 valence electrons. The first-order valence-electron chi connectivity index (χ1n) is 12.0. The van der Waals surface area contributed by atoms with E-state index in [4.69, 9.17) is 9.84 Å². The fourth-order valence-corrected chi connectivity index (χ4v) is 4.79. The van der Waals surface area contributed by atoms with Crippen molar-refractivity contribution in [2.45, 2.75) is 65.1 Å². The lowest BCUT2D eigenvalue weighted by Crippen LogP contribution is -2.57. The second-order valence-electron chi connectivity index (χ2n) is 10.5. The van der Waals surface area contributed by atoms with Crippen molar-refractivity contribution in [2.75, 3.05) is 26.3 Å². The first-order valence-corrected chi connectivity index (χ1v) is 12.0. The third-order valence-corrected chi connectivity index (χ3v) is 6.74. The molecule has 2 atom stereocenters. The van der Waals surface area contributed by atoms with Gasteiger partial charge in [0.05, 0.1) is 11.6 Å². The standard InChI is InChI=1S/C25H36N4O4/c1-25(2,3)22(24(32)28-12-6-7-18(30)16-28)26-23(31)21-19-8-4-5-9-20(19)29(27-21)15-17-10-13-33-14-11-17/h4-5,8-9,17-18,22,30H,6-7,10-16H2,1-3H3,(H,26,31)/t18?,22-/m1/s1. The number of nitrogens with one attached hydrogen (secondary N) is 1. The van der Waals surface area contributed by atoms with E-state index >= 15 is 0 Å². The first kappa shape index (κ1) is 23.7. The molecule has 0 radical (unpaired) electrons. The average molecular weight is 457 g/mol. The molecule has 1 aromatic heterocycles. The Labute approximate surface area is 195 Å². The molecule has 3 heterocycles. The zero-order valence-corrected chi connectivity index (χ0v) is 19.9. The molecule has 8 heteroatoms. The van der Waals surface area contributed by atoms with E-state index in [9.17, 15) is 14.7 Å². The minimum atomic E-state index is -0.713. The van der Waals surface area contributed by atoms with Crippen LogP contribution in [0.3, 0.4) is 0 Å². The summed E-state index contributed by atoms with van der Waals surface area (Å²) in [4.78, 5) is 28.5. The summed E-state index contributed by atoms with van der Waals surface area (Å²) in [5.41, 5.74) is 0.778. The van der Waals surface area contributed by atoms with Crippen LogP contribution in [-0.2, 0) is 16.1 Å². The van der Waals surface area contributed by atoms with Gasteiger partial charge in [0.25, 0.3) is 5.91 Å². The molecular formula is C25H36N4O4. The fourth-order valence-electron chi connectivity index (χ4n) is 4.79. The number of nitrogens with zero attached hydrogens (tertiary/aromatic N) is 3. The largest absolute Gasteiger partial charge is 0.391 e. The maximum Gasteiger partial charge on any atom is 0.273 e. The number of amides is 2. The molecule has 2 aliphatic rings. The van der Waals surface area contributed by atoms with Crippen molar-refractivity contribution >= 4 is 22.7 Å². The summed E-state index contributed by atoms with van der Waals surface area (Å²) in [6.07, 6.45) is 2.92. The fraction of sp³-hybridized carbons (Fsp3) is 0.640. The van der Waals surface area contributed by atoms with Gasteiger partial charge >= 0.3 is 0 Å². The van der Waals surface area contributed by atoms with Crippen LogP contribution in [0.25, 0.3) is 10.9 Å². The lowest BCUT2D eigenvalue weighted by atomic mass is 9.85. The number of fused-ring (bicyclic) bond motifs is 1. The number of rotatable bonds is 5. The maximum absolute atomic E-state index is 13.4. The van der Waals surface area contributed by atoms with Crippen LogP contribution in [0.1, 0.15) is 56.9 Å². The Morgan fingerprint density at radius 2 is 1.94 bits per heavy atom. The van der Waals surface area contributed by atoms with Gasteiger partial charge in [0.1, 0.15) is 6.04 Å². The molecule has 8 nitrogen and oxygen atoms in total. The van der Waals surface area contributed by atoms with Crippen LogP contribution in [0.15, 0.2) is 24.3 Å². The van der Waals surface area contributed by atoms with E-state index < -0.39 is 17.6 Å². The molecule has 1 unspecified atom stereocenters. The number of piperidine rings is 1. The van der Waals surface area contributed by atoms with Gasteiger partial charge in [-0.2, -0.15) is 5.10 Å². The summed E-state index contributed by atoms with van der Waals surface area (Å²) < 4.78 is 7.40. The van der Waals surface area contributed by atoms with Crippen LogP contribution in [0.4, 0.5) is 0 Å². The second kappa shape index (κ2) is 9.81. The quantitative estimate of drug-likeness (QED) is 0.721. The highest BCUT2D eigenvalue weighted by atomic mass is 16.5. The molecule has 2 fully saturated rings. The van der Waals surface area contributed by atoms with Gasteiger partial charge in [0, 0.05) is 38.2 Å². The maximum atomic E-state index is 13.4. The number of ether oxygens (including phenoxy) is 1. The molecule has 0 spiro atoms. The molecule has 2 saturated heterocycles. The van der Waals surface area contributed by atoms with Gasteiger partial charge in [-0.15, -0.1) is 0 Å². The number of benzene rings is 1. The predicted molar refractivity (Wildman–Crippen MR) is 126 cm³/mol. The van der Waals surface area contributed by atoms with Crippen molar-refractivity contribution in [1.82, 2.24) is 20.0 Å². The minimum Gasteiger partial charge on any atom is -0.391 e. The molecule has 1 aromatic carbocycles. The van der Waals surface area contributed by atoms with E-state index in [1.807, 2.05) is 49.7 Å². The number of hydrogen-bond acceptors (Lipinski definition) is 5. The van der Waals surface area contributed by atoms with Gasteiger partial charge in [-0.25, -0.2) is 0 Å². The lowest BCUT2D eigenvalue weighted by molar-refractivity contribution is -0.138. The number of aliphatic hydroxyl groups excluding tert-OH is 1. The zero-order valence-electron chi connectivity index (χ0n) is 19.9. The van der Waals surface area contributed by atoms with Crippen LogP contribution in [0.2, 0.25) is 0 Å². The number of para-hydroxylation sites is 1. The van der Waals surface area contributed by atoms with E-state index in [0.29, 0.717) is 31.1 Å². The van der Waals surface area contributed by atoms with Crippen LogP contribution < -0.4 is 5.32 Å². The molecule has 2 amide bonds.